The Bertz CT molecular complexity index is 641. The smallest absolute Gasteiger partial charge is 0.312 e. The molecule has 0 spiro atoms. The lowest BCUT2D eigenvalue weighted by molar-refractivity contribution is -0.386. The van der Waals surface area contributed by atoms with E-state index in [1.54, 1.807) is 0 Å². The summed E-state index contributed by atoms with van der Waals surface area (Å²) in [5, 5.41) is 13.8. The fraction of sp³-hybridized carbons (Fsp3) is 0.538. The van der Waals surface area contributed by atoms with E-state index < -0.39 is 20.6 Å². The summed E-state index contributed by atoms with van der Waals surface area (Å²) in [5.41, 5.74) is -0.246. The van der Waals surface area contributed by atoms with Crippen molar-refractivity contribution >= 4 is 21.4 Å². The molecule has 0 aromatic heterocycles. The van der Waals surface area contributed by atoms with E-state index in [9.17, 15) is 18.5 Å². The first-order valence-corrected chi connectivity index (χ1v) is 8.30. The maximum Gasteiger partial charge on any atom is 0.312 e. The highest BCUT2D eigenvalue weighted by molar-refractivity contribution is 7.89. The van der Waals surface area contributed by atoms with Crippen LogP contribution in [0.2, 0.25) is 0 Å². The van der Waals surface area contributed by atoms with Crippen molar-refractivity contribution in [2.45, 2.75) is 24.7 Å². The van der Waals surface area contributed by atoms with Gasteiger partial charge in [0.15, 0.2) is 4.90 Å². The zero-order valence-electron chi connectivity index (χ0n) is 12.0. The average molecular weight is 313 g/mol. The van der Waals surface area contributed by atoms with Crippen molar-refractivity contribution in [1.82, 2.24) is 4.72 Å². The summed E-state index contributed by atoms with van der Waals surface area (Å²) in [6.07, 6.45) is 2.25. The van der Waals surface area contributed by atoms with Gasteiger partial charge >= 0.3 is 5.69 Å². The van der Waals surface area contributed by atoms with Crippen LogP contribution in [0.3, 0.4) is 0 Å². The molecule has 1 aliphatic rings. The van der Waals surface area contributed by atoms with Gasteiger partial charge in [-0.3, -0.25) is 10.1 Å². The SMILES string of the molecule is CNc1cccc(S(=O)(=O)NCC(C)C2CC2)c1[N+](=O)[O-]. The Morgan fingerprint density at radius 2 is 2.10 bits per heavy atom. The zero-order chi connectivity index (χ0) is 15.6. The summed E-state index contributed by atoms with van der Waals surface area (Å²) in [6.45, 7) is 2.28. The monoisotopic (exact) mass is 313 g/mol. The molecule has 1 aromatic rings. The van der Waals surface area contributed by atoms with Crippen LogP contribution in [0.25, 0.3) is 0 Å². The Labute approximate surface area is 123 Å². The minimum Gasteiger partial charge on any atom is -0.383 e. The number of anilines is 1. The Morgan fingerprint density at radius 3 is 2.62 bits per heavy atom. The summed E-state index contributed by atoms with van der Waals surface area (Å²) in [7, 11) is -2.39. The molecule has 1 saturated carbocycles. The number of hydrogen-bond donors (Lipinski definition) is 2. The van der Waals surface area contributed by atoms with Gasteiger partial charge in [-0.25, -0.2) is 13.1 Å². The highest BCUT2D eigenvalue weighted by Crippen LogP contribution is 2.36. The third kappa shape index (κ3) is 3.51. The largest absolute Gasteiger partial charge is 0.383 e. The van der Waals surface area contributed by atoms with Crippen LogP contribution in [0.4, 0.5) is 11.4 Å². The number of hydrogen-bond acceptors (Lipinski definition) is 5. The molecule has 2 N–H and O–H groups in total. The van der Waals surface area contributed by atoms with Crippen LogP contribution >= 0.6 is 0 Å². The molecule has 0 heterocycles. The number of sulfonamides is 1. The molecule has 1 fully saturated rings. The molecule has 116 valence electrons. The lowest BCUT2D eigenvalue weighted by Crippen LogP contribution is -2.29. The van der Waals surface area contributed by atoms with E-state index in [2.05, 4.69) is 10.0 Å². The number of nitrogens with zero attached hydrogens (tertiary/aromatic N) is 1. The zero-order valence-corrected chi connectivity index (χ0v) is 12.8. The first-order valence-electron chi connectivity index (χ1n) is 6.81. The van der Waals surface area contributed by atoms with Crippen LogP contribution in [0.5, 0.6) is 0 Å². The predicted octanol–water partition coefficient (Wildman–Crippen LogP) is 1.96. The van der Waals surface area contributed by atoms with E-state index in [4.69, 9.17) is 0 Å². The standard InChI is InChI=1S/C13H19N3O4S/c1-9(10-6-7-10)8-15-21(19,20)12-5-3-4-11(14-2)13(12)16(17)18/h3-5,9-10,14-15H,6-8H2,1-2H3. The van der Waals surface area contributed by atoms with Crippen LogP contribution in [-0.4, -0.2) is 26.9 Å². The Hall–Kier alpha value is -1.67. The lowest BCUT2D eigenvalue weighted by Gasteiger charge is -2.13. The summed E-state index contributed by atoms with van der Waals surface area (Å²) in [6, 6.07) is 4.21. The second kappa shape index (κ2) is 5.98. The van der Waals surface area contributed by atoms with Gasteiger partial charge in [0.05, 0.1) is 4.92 Å². The van der Waals surface area contributed by atoms with Gasteiger partial charge in [0.2, 0.25) is 10.0 Å². The van der Waals surface area contributed by atoms with Gasteiger partial charge in [-0.2, -0.15) is 0 Å². The number of nitro benzene ring substituents is 1. The Morgan fingerprint density at radius 1 is 1.43 bits per heavy atom. The Kier molecular flexibility index (Phi) is 4.48. The number of rotatable bonds is 7. The minimum absolute atomic E-state index is 0.179. The number of para-hydroxylation sites is 1. The number of nitro groups is 1. The molecule has 0 aliphatic heterocycles. The maximum absolute atomic E-state index is 12.3. The highest BCUT2D eigenvalue weighted by Gasteiger charge is 2.31. The molecule has 0 bridgehead atoms. The third-order valence-electron chi connectivity index (χ3n) is 3.76. The predicted molar refractivity (Wildman–Crippen MR) is 79.7 cm³/mol. The molecule has 0 saturated heterocycles. The highest BCUT2D eigenvalue weighted by atomic mass is 32.2. The lowest BCUT2D eigenvalue weighted by atomic mass is 10.1. The summed E-state index contributed by atoms with van der Waals surface area (Å²) < 4.78 is 27.1. The average Bonchev–Trinajstić information content (AvgIpc) is 3.28. The third-order valence-corrected chi connectivity index (χ3v) is 5.22. The Balaban J connectivity index is 2.28. The summed E-state index contributed by atoms with van der Waals surface area (Å²) in [5.74, 6) is 0.803. The molecule has 1 aliphatic carbocycles. The van der Waals surface area contributed by atoms with Crippen LogP contribution in [0.1, 0.15) is 19.8 Å². The summed E-state index contributed by atoms with van der Waals surface area (Å²) in [4.78, 5) is 10.2. The van der Waals surface area contributed by atoms with E-state index in [1.165, 1.54) is 25.2 Å². The van der Waals surface area contributed by atoms with E-state index in [1.807, 2.05) is 6.92 Å². The van der Waals surface area contributed by atoms with Crippen molar-refractivity contribution in [2.75, 3.05) is 18.9 Å². The molecule has 21 heavy (non-hydrogen) atoms. The van der Waals surface area contributed by atoms with Crippen LogP contribution < -0.4 is 10.0 Å². The van der Waals surface area contributed by atoms with Gasteiger partial charge in [0.25, 0.3) is 0 Å². The molecular weight excluding hydrogens is 294 g/mol. The van der Waals surface area contributed by atoms with E-state index in [0.717, 1.165) is 12.8 Å². The van der Waals surface area contributed by atoms with Gasteiger partial charge in [-0.05, 0) is 36.8 Å². The first kappa shape index (κ1) is 15.7. The molecular formula is C13H19N3O4S. The molecule has 8 heteroatoms. The normalized spacial score (nSPS) is 16.5. The molecule has 2 rings (SSSR count). The van der Waals surface area contributed by atoms with Gasteiger partial charge in [0.1, 0.15) is 5.69 Å². The maximum atomic E-state index is 12.3. The van der Waals surface area contributed by atoms with E-state index >= 15 is 0 Å². The van der Waals surface area contributed by atoms with Crippen LogP contribution in [-0.2, 0) is 10.0 Å². The first-order chi connectivity index (χ1) is 9.86. The van der Waals surface area contributed by atoms with E-state index in [0.29, 0.717) is 12.5 Å². The molecule has 1 aromatic carbocycles. The van der Waals surface area contributed by atoms with Crippen LogP contribution in [0.15, 0.2) is 23.1 Å². The summed E-state index contributed by atoms with van der Waals surface area (Å²) >= 11 is 0. The van der Waals surface area contributed by atoms with Gasteiger partial charge in [-0.1, -0.05) is 13.0 Å². The molecule has 0 radical (unpaired) electrons. The van der Waals surface area contributed by atoms with Gasteiger partial charge in [0, 0.05) is 13.6 Å². The van der Waals surface area contributed by atoms with Crippen LogP contribution in [0, 0.1) is 22.0 Å². The van der Waals surface area contributed by atoms with Crippen molar-refractivity contribution < 1.29 is 13.3 Å². The van der Waals surface area contributed by atoms with Gasteiger partial charge in [-0.15, -0.1) is 0 Å². The number of benzene rings is 1. The van der Waals surface area contributed by atoms with Crippen molar-refractivity contribution in [3.8, 4) is 0 Å². The van der Waals surface area contributed by atoms with Crippen molar-refractivity contribution in [3.05, 3.63) is 28.3 Å². The van der Waals surface area contributed by atoms with Crippen molar-refractivity contribution in [1.29, 1.82) is 0 Å². The molecule has 1 atom stereocenters. The quantitative estimate of drug-likeness (QED) is 0.592. The fourth-order valence-corrected chi connectivity index (χ4v) is 3.61. The second-order valence-corrected chi connectivity index (χ2v) is 7.06. The molecule has 0 amide bonds. The van der Waals surface area contributed by atoms with Gasteiger partial charge < -0.3 is 5.32 Å². The van der Waals surface area contributed by atoms with E-state index in [-0.39, 0.29) is 16.5 Å². The molecule has 7 nitrogen and oxygen atoms in total. The number of nitrogens with one attached hydrogen (secondary N) is 2. The second-order valence-electron chi connectivity index (χ2n) is 5.33. The van der Waals surface area contributed by atoms with Crippen molar-refractivity contribution in [3.63, 3.8) is 0 Å². The molecule has 1 unspecified atom stereocenters. The fourth-order valence-electron chi connectivity index (χ4n) is 2.28. The topological polar surface area (TPSA) is 101 Å². The minimum atomic E-state index is -3.90. The van der Waals surface area contributed by atoms with Crippen molar-refractivity contribution in [2.24, 2.45) is 11.8 Å².